The van der Waals surface area contributed by atoms with Gasteiger partial charge in [-0.2, -0.15) is 0 Å². The highest BCUT2D eigenvalue weighted by molar-refractivity contribution is 9.10. The molecule has 0 aliphatic carbocycles. The van der Waals surface area contributed by atoms with Crippen LogP contribution < -0.4 is 15.2 Å². The molecule has 170 valence electrons. The molecule has 0 atom stereocenters. The van der Waals surface area contributed by atoms with Crippen molar-refractivity contribution in [3.05, 3.63) is 92.9 Å². The summed E-state index contributed by atoms with van der Waals surface area (Å²) in [6.07, 6.45) is 2.55. The van der Waals surface area contributed by atoms with Gasteiger partial charge in [-0.1, -0.05) is 41.1 Å². The third kappa shape index (κ3) is 3.72. The standard InChI is InChI=1S/C27H22BrN3O3/c1-3-13-30-24-12-11-17(28)14-21(24)22(26(30)32)16-25-29-23-10-5-4-9-20(23)27(33)31(25)18-7-6-8-19(15-18)34-2/h4-12,14-16H,3,13H2,1-2H3/b22-16-. The first-order valence-corrected chi connectivity index (χ1v) is 11.8. The monoisotopic (exact) mass is 515 g/mol. The lowest BCUT2D eigenvalue weighted by Crippen LogP contribution is -2.27. The fraction of sp³-hybridized carbons (Fsp3) is 0.148. The summed E-state index contributed by atoms with van der Waals surface area (Å²) in [7, 11) is 1.58. The normalized spacial score (nSPS) is 14.1. The lowest BCUT2D eigenvalue weighted by Gasteiger charge is -2.15. The smallest absolute Gasteiger partial charge is 0.266 e. The van der Waals surface area contributed by atoms with Gasteiger partial charge in [0.05, 0.1) is 35.0 Å². The van der Waals surface area contributed by atoms with Crippen molar-refractivity contribution in [2.45, 2.75) is 13.3 Å². The third-order valence-electron chi connectivity index (χ3n) is 5.85. The minimum absolute atomic E-state index is 0.102. The molecule has 6 nitrogen and oxygen atoms in total. The van der Waals surface area contributed by atoms with Gasteiger partial charge in [0.1, 0.15) is 11.6 Å². The van der Waals surface area contributed by atoms with Crippen molar-refractivity contribution < 1.29 is 9.53 Å². The summed E-state index contributed by atoms with van der Waals surface area (Å²) in [6, 6.07) is 20.3. The molecule has 1 aliphatic rings. The summed E-state index contributed by atoms with van der Waals surface area (Å²) in [6.45, 7) is 2.65. The van der Waals surface area contributed by atoms with Gasteiger partial charge < -0.3 is 9.64 Å². The van der Waals surface area contributed by atoms with Crippen molar-refractivity contribution in [3.8, 4) is 11.4 Å². The van der Waals surface area contributed by atoms with Gasteiger partial charge in [-0.05, 0) is 55.0 Å². The maximum absolute atomic E-state index is 13.6. The van der Waals surface area contributed by atoms with Crippen LogP contribution in [0, 0.1) is 0 Å². The predicted octanol–water partition coefficient (Wildman–Crippen LogP) is 5.45. The van der Waals surface area contributed by atoms with Gasteiger partial charge in [-0.3, -0.25) is 14.2 Å². The van der Waals surface area contributed by atoms with Crippen LogP contribution in [0.25, 0.3) is 28.2 Å². The first kappa shape index (κ1) is 22.1. The minimum Gasteiger partial charge on any atom is -0.497 e. The second kappa shape index (κ2) is 8.91. The van der Waals surface area contributed by atoms with E-state index >= 15 is 0 Å². The first-order valence-electron chi connectivity index (χ1n) is 11.0. The number of nitrogens with zero attached hydrogens (tertiary/aromatic N) is 3. The zero-order valence-electron chi connectivity index (χ0n) is 18.8. The van der Waals surface area contributed by atoms with Crippen LogP contribution in [0.1, 0.15) is 24.7 Å². The Hall–Kier alpha value is -3.71. The number of hydrogen-bond donors (Lipinski definition) is 0. The van der Waals surface area contributed by atoms with E-state index in [4.69, 9.17) is 9.72 Å². The van der Waals surface area contributed by atoms with Gasteiger partial charge >= 0.3 is 0 Å². The van der Waals surface area contributed by atoms with Crippen LogP contribution >= 0.6 is 15.9 Å². The van der Waals surface area contributed by atoms with Crippen LogP contribution in [0.3, 0.4) is 0 Å². The summed E-state index contributed by atoms with van der Waals surface area (Å²) in [4.78, 5) is 33.7. The largest absolute Gasteiger partial charge is 0.497 e. The molecule has 1 aromatic heterocycles. The number of methoxy groups -OCH3 is 1. The molecule has 0 saturated heterocycles. The molecule has 0 unspecified atom stereocenters. The van der Waals surface area contributed by atoms with Gasteiger partial charge in [0.2, 0.25) is 0 Å². The van der Waals surface area contributed by atoms with Crippen molar-refractivity contribution in [3.63, 3.8) is 0 Å². The number of halogens is 1. The van der Waals surface area contributed by atoms with Gasteiger partial charge in [-0.15, -0.1) is 0 Å². The molecule has 1 amide bonds. The Balaban J connectivity index is 1.80. The molecular weight excluding hydrogens is 494 g/mol. The molecule has 34 heavy (non-hydrogen) atoms. The summed E-state index contributed by atoms with van der Waals surface area (Å²) in [5.74, 6) is 0.899. The molecule has 3 aromatic carbocycles. The number of hydrogen-bond acceptors (Lipinski definition) is 4. The number of anilines is 1. The Morgan fingerprint density at radius 1 is 1.03 bits per heavy atom. The average Bonchev–Trinajstić information content (AvgIpc) is 3.10. The van der Waals surface area contributed by atoms with E-state index in [-0.39, 0.29) is 11.5 Å². The van der Waals surface area contributed by atoms with Crippen molar-refractivity contribution >= 4 is 50.1 Å². The number of ether oxygens (including phenoxy) is 1. The summed E-state index contributed by atoms with van der Waals surface area (Å²) < 4.78 is 7.79. The summed E-state index contributed by atoms with van der Waals surface area (Å²) in [5, 5.41) is 0.501. The minimum atomic E-state index is -0.212. The fourth-order valence-corrected chi connectivity index (χ4v) is 4.65. The molecule has 7 heteroatoms. The molecule has 0 radical (unpaired) electrons. The lowest BCUT2D eigenvalue weighted by atomic mass is 10.1. The first-order chi connectivity index (χ1) is 16.5. The summed E-state index contributed by atoms with van der Waals surface area (Å²) >= 11 is 3.53. The molecule has 0 bridgehead atoms. The Labute approximate surface area is 205 Å². The molecule has 0 fully saturated rings. The molecule has 0 saturated carbocycles. The Morgan fingerprint density at radius 3 is 2.65 bits per heavy atom. The van der Waals surface area contributed by atoms with Crippen LogP contribution in [0.15, 0.2) is 76.0 Å². The Bertz CT molecular complexity index is 1520. The number of carbonyl (C=O) groups is 1. The molecule has 1 aliphatic heterocycles. The van der Waals surface area contributed by atoms with Crippen LogP contribution in [0.4, 0.5) is 5.69 Å². The number of para-hydroxylation sites is 1. The Morgan fingerprint density at radius 2 is 1.85 bits per heavy atom. The molecule has 0 spiro atoms. The lowest BCUT2D eigenvalue weighted by molar-refractivity contribution is -0.113. The highest BCUT2D eigenvalue weighted by atomic mass is 79.9. The molecule has 5 rings (SSSR count). The van der Waals surface area contributed by atoms with E-state index < -0.39 is 0 Å². The van der Waals surface area contributed by atoms with Gasteiger partial charge in [0.15, 0.2) is 0 Å². The van der Waals surface area contributed by atoms with Crippen molar-refractivity contribution in [1.82, 2.24) is 9.55 Å². The van der Waals surface area contributed by atoms with Crippen LogP contribution in [0.2, 0.25) is 0 Å². The van der Waals surface area contributed by atoms with Crippen LogP contribution in [0.5, 0.6) is 5.75 Å². The average molecular weight is 516 g/mol. The Kier molecular flexibility index (Phi) is 5.79. The molecule has 2 heterocycles. The zero-order chi connectivity index (χ0) is 23.8. The van der Waals surface area contributed by atoms with E-state index in [0.717, 1.165) is 22.1 Å². The van der Waals surface area contributed by atoms with Crippen molar-refractivity contribution in [2.75, 3.05) is 18.6 Å². The topological polar surface area (TPSA) is 64.4 Å². The van der Waals surface area contributed by atoms with Crippen LogP contribution in [-0.2, 0) is 4.79 Å². The van der Waals surface area contributed by atoms with E-state index in [1.165, 1.54) is 4.57 Å². The summed E-state index contributed by atoms with van der Waals surface area (Å²) in [5.41, 5.74) is 3.15. The number of carbonyl (C=O) groups excluding carboxylic acids is 1. The highest BCUT2D eigenvalue weighted by Crippen LogP contribution is 2.39. The van der Waals surface area contributed by atoms with Gasteiger partial charge in [0.25, 0.3) is 11.5 Å². The number of rotatable bonds is 5. The number of amides is 1. The maximum atomic E-state index is 13.6. The van der Waals surface area contributed by atoms with Gasteiger partial charge in [0, 0.05) is 22.6 Å². The van der Waals surface area contributed by atoms with Crippen molar-refractivity contribution in [2.24, 2.45) is 0 Å². The van der Waals surface area contributed by atoms with Crippen molar-refractivity contribution in [1.29, 1.82) is 0 Å². The highest BCUT2D eigenvalue weighted by Gasteiger charge is 2.32. The quantitative estimate of drug-likeness (QED) is 0.331. The number of aromatic nitrogens is 2. The molecular formula is C27H22BrN3O3. The second-order valence-electron chi connectivity index (χ2n) is 8.01. The van der Waals surface area contributed by atoms with E-state index in [9.17, 15) is 9.59 Å². The van der Waals surface area contributed by atoms with E-state index in [2.05, 4.69) is 15.9 Å². The SMILES string of the molecule is CCCN1C(=O)/C(=C\c2nc3ccccc3c(=O)n2-c2cccc(OC)c2)c2cc(Br)ccc21. The molecule has 4 aromatic rings. The number of fused-ring (bicyclic) bond motifs is 2. The van der Waals surface area contributed by atoms with Gasteiger partial charge in [-0.25, -0.2) is 4.98 Å². The molecule has 0 N–H and O–H groups in total. The predicted molar refractivity (Wildman–Crippen MR) is 139 cm³/mol. The zero-order valence-corrected chi connectivity index (χ0v) is 20.4. The fourth-order valence-electron chi connectivity index (χ4n) is 4.29. The van der Waals surface area contributed by atoms with E-state index in [1.54, 1.807) is 36.3 Å². The second-order valence-corrected chi connectivity index (χ2v) is 8.92. The number of benzene rings is 3. The third-order valence-corrected chi connectivity index (χ3v) is 6.34. The van der Waals surface area contributed by atoms with E-state index in [0.29, 0.717) is 40.3 Å². The van der Waals surface area contributed by atoms with Crippen LogP contribution in [-0.4, -0.2) is 29.1 Å². The maximum Gasteiger partial charge on any atom is 0.266 e. The van der Waals surface area contributed by atoms with E-state index in [1.807, 2.05) is 55.5 Å².